The molecule has 5 nitrogen and oxygen atoms in total. The molecule has 0 atom stereocenters. The molecule has 0 aromatic heterocycles. The minimum atomic E-state index is -0.475. The average molecular weight is 436 g/mol. The lowest BCUT2D eigenvalue weighted by Crippen LogP contribution is -2.51. The number of hydrogen-bond donors (Lipinski definition) is 0. The van der Waals surface area contributed by atoms with E-state index in [-0.39, 0.29) is 24.0 Å². The molecule has 1 saturated heterocycles. The number of benzene rings is 2. The number of fused-ring (bicyclic) bond motifs is 1. The summed E-state index contributed by atoms with van der Waals surface area (Å²) in [5.41, 5.74) is 0.767. The van der Waals surface area contributed by atoms with E-state index in [1.165, 1.54) is 0 Å². The van der Waals surface area contributed by atoms with Crippen LogP contribution in [0.25, 0.3) is 0 Å². The Kier molecular flexibility index (Phi) is 6.52. The molecule has 0 saturated carbocycles. The topological polar surface area (TPSA) is 55.8 Å². The Morgan fingerprint density at radius 2 is 1.86 bits per heavy atom. The van der Waals surface area contributed by atoms with Crippen molar-refractivity contribution in [1.29, 1.82) is 0 Å². The Labute approximate surface area is 181 Å². The van der Waals surface area contributed by atoms with E-state index in [9.17, 15) is 9.59 Å². The molecule has 0 aliphatic carbocycles. The van der Waals surface area contributed by atoms with Gasteiger partial charge >= 0.3 is 0 Å². The third-order valence-electron chi connectivity index (χ3n) is 5.60. The fraction of sp³-hybridized carbons (Fsp3) is 0.364. The normalized spacial score (nSPS) is 17.8. The third-order valence-corrected chi connectivity index (χ3v) is 5.83. The van der Waals surface area contributed by atoms with Crippen molar-refractivity contribution in [2.24, 2.45) is 0 Å². The number of halogens is 2. The predicted octanol–water partition coefficient (Wildman–Crippen LogP) is 4.45. The van der Waals surface area contributed by atoms with Crippen molar-refractivity contribution in [1.82, 2.24) is 4.90 Å². The van der Waals surface area contributed by atoms with Gasteiger partial charge in [-0.2, -0.15) is 0 Å². The molecular formula is C22H23Cl2NO4. The van der Waals surface area contributed by atoms with Crippen molar-refractivity contribution >= 4 is 35.6 Å². The maximum Gasteiger partial charge on any atom is 0.176 e. The van der Waals surface area contributed by atoms with E-state index in [0.717, 1.165) is 31.7 Å². The van der Waals surface area contributed by atoms with Crippen LogP contribution in [-0.4, -0.2) is 48.8 Å². The van der Waals surface area contributed by atoms with E-state index in [0.29, 0.717) is 34.9 Å². The molecule has 4 rings (SSSR count). The summed E-state index contributed by atoms with van der Waals surface area (Å²) in [7, 11) is 1.60. The average Bonchev–Trinajstić information content (AvgIpc) is 2.71. The highest BCUT2D eigenvalue weighted by Gasteiger charge is 2.43. The first-order chi connectivity index (χ1) is 13.5. The van der Waals surface area contributed by atoms with E-state index in [4.69, 9.17) is 21.1 Å². The van der Waals surface area contributed by atoms with E-state index in [1.807, 2.05) is 0 Å². The lowest BCUT2D eigenvalue weighted by molar-refractivity contribution is -0.00801. The molecule has 2 aromatic rings. The van der Waals surface area contributed by atoms with Crippen LogP contribution in [0.5, 0.6) is 11.5 Å². The number of carbonyl (C=O) groups excluding carboxylic acids is 2. The smallest absolute Gasteiger partial charge is 0.176 e. The molecule has 2 aromatic carbocycles. The molecular weight excluding hydrogens is 413 g/mol. The maximum atomic E-state index is 12.6. The summed E-state index contributed by atoms with van der Waals surface area (Å²) in [6.07, 6.45) is 1.80. The van der Waals surface area contributed by atoms with Crippen LogP contribution in [0.15, 0.2) is 42.5 Å². The van der Waals surface area contributed by atoms with Crippen LogP contribution < -0.4 is 9.47 Å². The summed E-state index contributed by atoms with van der Waals surface area (Å²) in [5.74, 6) is 1.51. The van der Waals surface area contributed by atoms with Crippen LogP contribution in [0, 0.1) is 0 Å². The molecule has 2 aliphatic heterocycles. The summed E-state index contributed by atoms with van der Waals surface area (Å²) >= 11 is 6.00. The molecule has 1 fully saturated rings. The van der Waals surface area contributed by atoms with Crippen molar-refractivity contribution in [3.05, 3.63) is 58.6 Å². The highest BCUT2D eigenvalue weighted by molar-refractivity contribution is 6.31. The van der Waals surface area contributed by atoms with Gasteiger partial charge in [0.25, 0.3) is 0 Å². The molecule has 0 unspecified atom stereocenters. The number of hydrogen-bond acceptors (Lipinski definition) is 5. The SMILES string of the molecule is COc1ccc(C(=O)CN2CCC3(CC2)CC(=O)c2cc(Cl)ccc2O3)cc1.Cl. The van der Waals surface area contributed by atoms with Crippen LogP contribution in [0.3, 0.4) is 0 Å². The summed E-state index contributed by atoms with van der Waals surface area (Å²) in [6.45, 7) is 1.80. The van der Waals surface area contributed by atoms with E-state index in [1.54, 1.807) is 49.6 Å². The third kappa shape index (κ3) is 4.58. The zero-order valence-corrected chi connectivity index (χ0v) is 17.7. The number of ketones is 2. The van der Waals surface area contributed by atoms with Gasteiger partial charge in [0.05, 0.1) is 25.6 Å². The number of rotatable bonds is 4. The minimum Gasteiger partial charge on any atom is -0.497 e. The van der Waals surface area contributed by atoms with Gasteiger partial charge in [0, 0.05) is 36.5 Å². The van der Waals surface area contributed by atoms with Gasteiger partial charge in [0.15, 0.2) is 11.6 Å². The molecule has 0 N–H and O–H groups in total. The molecule has 0 radical (unpaired) electrons. The van der Waals surface area contributed by atoms with Crippen LogP contribution >= 0.6 is 24.0 Å². The predicted molar refractivity (Wildman–Crippen MR) is 114 cm³/mol. The number of methoxy groups -OCH3 is 1. The summed E-state index contributed by atoms with van der Waals surface area (Å²) in [4.78, 5) is 27.3. The standard InChI is InChI=1S/C22H22ClNO4.ClH/c1-27-17-5-2-15(3-6-17)20(26)14-24-10-8-22(9-11-24)13-19(25)18-12-16(23)4-7-21(18)28-22;/h2-7,12H,8-11,13-14H2,1H3;1H. The van der Waals surface area contributed by atoms with Gasteiger partial charge in [-0.3, -0.25) is 14.5 Å². The maximum absolute atomic E-state index is 12.6. The Bertz CT molecular complexity index is 906. The number of carbonyl (C=O) groups is 2. The molecule has 154 valence electrons. The second kappa shape index (κ2) is 8.74. The molecule has 2 aliphatic rings. The Morgan fingerprint density at radius 3 is 2.52 bits per heavy atom. The summed E-state index contributed by atoms with van der Waals surface area (Å²) in [6, 6.07) is 12.4. The van der Waals surface area contributed by atoms with Crippen molar-refractivity contribution in [2.75, 3.05) is 26.7 Å². The highest BCUT2D eigenvalue weighted by Crippen LogP contribution is 2.40. The fourth-order valence-electron chi connectivity index (χ4n) is 3.94. The van der Waals surface area contributed by atoms with Gasteiger partial charge in [-0.15, -0.1) is 12.4 Å². The fourth-order valence-corrected chi connectivity index (χ4v) is 4.11. The lowest BCUT2D eigenvalue weighted by atomic mass is 9.82. The van der Waals surface area contributed by atoms with Crippen molar-refractivity contribution in [2.45, 2.75) is 24.9 Å². The minimum absolute atomic E-state index is 0. The van der Waals surface area contributed by atoms with Crippen LogP contribution in [0.2, 0.25) is 5.02 Å². The van der Waals surface area contributed by atoms with Crippen LogP contribution in [-0.2, 0) is 0 Å². The van der Waals surface area contributed by atoms with Crippen molar-refractivity contribution in [3.63, 3.8) is 0 Å². The van der Waals surface area contributed by atoms with Gasteiger partial charge < -0.3 is 9.47 Å². The van der Waals surface area contributed by atoms with Gasteiger partial charge in [-0.1, -0.05) is 11.6 Å². The first-order valence-corrected chi connectivity index (χ1v) is 9.77. The molecule has 0 bridgehead atoms. The molecule has 7 heteroatoms. The molecule has 29 heavy (non-hydrogen) atoms. The van der Waals surface area contributed by atoms with Gasteiger partial charge in [0.1, 0.15) is 17.1 Å². The van der Waals surface area contributed by atoms with Crippen LogP contribution in [0.4, 0.5) is 0 Å². The summed E-state index contributed by atoms with van der Waals surface area (Å²) < 4.78 is 11.4. The van der Waals surface area contributed by atoms with E-state index in [2.05, 4.69) is 4.90 Å². The quantitative estimate of drug-likeness (QED) is 0.663. The molecule has 2 heterocycles. The Hall–Kier alpha value is -2.08. The Morgan fingerprint density at radius 1 is 1.17 bits per heavy atom. The number of nitrogens with zero attached hydrogens (tertiary/aromatic N) is 1. The highest BCUT2D eigenvalue weighted by atomic mass is 35.5. The first kappa shape index (κ1) is 21.6. The number of Topliss-reactive ketones (excluding diaryl/α,β-unsaturated/α-hetero) is 2. The molecule has 1 spiro atoms. The van der Waals surface area contributed by atoms with Crippen LogP contribution in [0.1, 0.15) is 40.0 Å². The first-order valence-electron chi connectivity index (χ1n) is 9.39. The zero-order valence-electron chi connectivity index (χ0n) is 16.2. The Balaban J connectivity index is 0.00000240. The molecule has 0 amide bonds. The number of likely N-dealkylation sites (tertiary alicyclic amines) is 1. The van der Waals surface area contributed by atoms with E-state index < -0.39 is 5.60 Å². The number of ether oxygens (including phenoxy) is 2. The van der Waals surface area contributed by atoms with E-state index >= 15 is 0 Å². The number of piperidine rings is 1. The van der Waals surface area contributed by atoms with Crippen molar-refractivity contribution in [3.8, 4) is 11.5 Å². The second-order valence-electron chi connectivity index (χ2n) is 7.45. The van der Waals surface area contributed by atoms with Crippen molar-refractivity contribution < 1.29 is 19.1 Å². The monoisotopic (exact) mass is 435 g/mol. The van der Waals surface area contributed by atoms with Gasteiger partial charge in [-0.25, -0.2) is 0 Å². The van der Waals surface area contributed by atoms with Gasteiger partial charge in [0.2, 0.25) is 0 Å². The lowest BCUT2D eigenvalue weighted by Gasteiger charge is -2.43. The zero-order chi connectivity index (χ0) is 19.7. The second-order valence-corrected chi connectivity index (χ2v) is 7.89. The van der Waals surface area contributed by atoms with Gasteiger partial charge in [-0.05, 0) is 42.5 Å². The summed E-state index contributed by atoms with van der Waals surface area (Å²) in [5, 5.41) is 0.540. The largest absolute Gasteiger partial charge is 0.497 e.